The fourth-order valence-electron chi connectivity index (χ4n) is 3.74. The molecule has 4 nitrogen and oxygen atoms in total. The molecule has 0 aliphatic rings. The van der Waals surface area contributed by atoms with Gasteiger partial charge in [0, 0.05) is 16.6 Å². The highest BCUT2D eigenvalue weighted by Crippen LogP contribution is 2.32. The van der Waals surface area contributed by atoms with Gasteiger partial charge in [-0.25, -0.2) is 4.98 Å². The van der Waals surface area contributed by atoms with E-state index in [9.17, 15) is 0 Å². The van der Waals surface area contributed by atoms with Gasteiger partial charge >= 0.3 is 0 Å². The molecular formula is C23H30ClN3O. The van der Waals surface area contributed by atoms with Crippen LogP contribution >= 0.6 is 11.6 Å². The largest absolute Gasteiger partial charge is 0.497 e. The van der Waals surface area contributed by atoms with Gasteiger partial charge in [0.05, 0.1) is 18.1 Å². The minimum Gasteiger partial charge on any atom is -0.497 e. The topological polar surface area (TPSA) is 30.3 Å². The van der Waals surface area contributed by atoms with Crippen LogP contribution in [0.15, 0.2) is 42.5 Å². The summed E-state index contributed by atoms with van der Waals surface area (Å²) in [6.07, 6.45) is 2.27. The summed E-state index contributed by atoms with van der Waals surface area (Å²) in [4.78, 5) is 7.40. The molecule has 2 aromatic carbocycles. The van der Waals surface area contributed by atoms with Crippen LogP contribution in [0, 0.1) is 0 Å². The molecule has 0 aliphatic heterocycles. The van der Waals surface area contributed by atoms with Gasteiger partial charge in [-0.05, 0) is 81.9 Å². The second-order valence-corrected chi connectivity index (χ2v) is 7.62. The van der Waals surface area contributed by atoms with Gasteiger partial charge in [0.2, 0.25) is 0 Å². The standard InChI is InChI=1S/C23H30ClN3O/c1-5-26(6-2)15-7-8-17(3)27-22-14-11-19(24)16-21(22)25-23(27)18-9-12-20(28-4)13-10-18/h9-14,16-17H,5-8,15H2,1-4H3. The SMILES string of the molecule is CCN(CC)CCCC(C)n1c(-c2ccc(OC)cc2)nc2cc(Cl)ccc21. The minimum absolute atomic E-state index is 0.346. The van der Waals surface area contributed by atoms with Crippen LogP contribution in [-0.2, 0) is 0 Å². The molecule has 0 saturated heterocycles. The zero-order valence-corrected chi connectivity index (χ0v) is 18.0. The summed E-state index contributed by atoms with van der Waals surface area (Å²) in [5.74, 6) is 1.83. The molecule has 28 heavy (non-hydrogen) atoms. The highest BCUT2D eigenvalue weighted by Gasteiger charge is 2.18. The van der Waals surface area contributed by atoms with Crippen molar-refractivity contribution in [2.24, 2.45) is 0 Å². The number of rotatable bonds is 9. The third-order valence-electron chi connectivity index (χ3n) is 5.43. The van der Waals surface area contributed by atoms with E-state index in [0.29, 0.717) is 11.1 Å². The number of imidazole rings is 1. The van der Waals surface area contributed by atoms with E-state index in [0.717, 1.165) is 60.6 Å². The molecule has 150 valence electrons. The van der Waals surface area contributed by atoms with Crippen LogP contribution < -0.4 is 4.74 Å². The molecule has 0 fully saturated rings. The number of hydrogen-bond donors (Lipinski definition) is 0. The van der Waals surface area contributed by atoms with Gasteiger partial charge in [0.15, 0.2) is 0 Å². The summed E-state index contributed by atoms with van der Waals surface area (Å²) in [6, 6.07) is 14.4. The van der Waals surface area contributed by atoms with Crippen molar-refractivity contribution in [3.05, 3.63) is 47.5 Å². The van der Waals surface area contributed by atoms with E-state index in [-0.39, 0.29) is 0 Å². The second-order valence-electron chi connectivity index (χ2n) is 7.19. The summed E-state index contributed by atoms with van der Waals surface area (Å²) in [5.41, 5.74) is 3.16. The van der Waals surface area contributed by atoms with Crippen LogP contribution in [0.2, 0.25) is 5.02 Å². The highest BCUT2D eigenvalue weighted by atomic mass is 35.5. The second kappa shape index (κ2) is 9.44. The number of benzene rings is 2. The van der Waals surface area contributed by atoms with Crippen LogP contribution in [0.1, 0.15) is 39.7 Å². The van der Waals surface area contributed by atoms with Gasteiger partial charge in [-0.1, -0.05) is 25.4 Å². The molecule has 1 aromatic heterocycles. The lowest BCUT2D eigenvalue weighted by atomic mass is 10.1. The first-order chi connectivity index (χ1) is 13.6. The van der Waals surface area contributed by atoms with Crippen LogP contribution in [0.25, 0.3) is 22.4 Å². The van der Waals surface area contributed by atoms with Crippen molar-refractivity contribution in [3.63, 3.8) is 0 Å². The third kappa shape index (κ3) is 4.50. The first-order valence-corrected chi connectivity index (χ1v) is 10.5. The molecule has 0 N–H and O–H groups in total. The van der Waals surface area contributed by atoms with Crippen molar-refractivity contribution in [2.75, 3.05) is 26.7 Å². The quantitative estimate of drug-likeness (QED) is 0.438. The first kappa shape index (κ1) is 20.7. The lowest BCUT2D eigenvalue weighted by Gasteiger charge is -2.21. The van der Waals surface area contributed by atoms with Gasteiger partial charge in [-0.2, -0.15) is 0 Å². The molecule has 1 unspecified atom stereocenters. The zero-order valence-electron chi connectivity index (χ0n) is 17.3. The Morgan fingerprint density at radius 3 is 2.46 bits per heavy atom. The molecule has 1 heterocycles. The third-order valence-corrected chi connectivity index (χ3v) is 5.67. The molecule has 3 rings (SSSR count). The number of nitrogens with zero attached hydrogens (tertiary/aromatic N) is 3. The summed E-state index contributed by atoms with van der Waals surface area (Å²) in [6.45, 7) is 10.1. The van der Waals surface area contributed by atoms with Crippen LogP contribution in [-0.4, -0.2) is 41.2 Å². The normalized spacial score (nSPS) is 12.6. The number of halogens is 1. The summed E-state index contributed by atoms with van der Waals surface area (Å²) < 4.78 is 7.66. The minimum atomic E-state index is 0.346. The monoisotopic (exact) mass is 399 g/mol. The average Bonchev–Trinajstić information content (AvgIpc) is 3.09. The van der Waals surface area contributed by atoms with E-state index in [1.165, 1.54) is 0 Å². The fraction of sp³-hybridized carbons (Fsp3) is 0.435. The first-order valence-electron chi connectivity index (χ1n) is 10.1. The Morgan fingerprint density at radius 2 is 1.82 bits per heavy atom. The molecule has 0 radical (unpaired) electrons. The van der Waals surface area contributed by atoms with E-state index in [1.807, 2.05) is 24.3 Å². The van der Waals surface area contributed by atoms with Crippen molar-refractivity contribution in [2.45, 2.75) is 39.7 Å². The van der Waals surface area contributed by atoms with Gasteiger partial charge in [0.25, 0.3) is 0 Å². The van der Waals surface area contributed by atoms with E-state index >= 15 is 0 Å². The van der Waals surface area contributed by atoms with Gasteiger partial charge in [-0.3, -0.25) is 0 Å². The maximum absolute atomic E-state index is 6.22. The lowest BCUT2D eigenvalue weighted by molar-refractivity contribution is 0.289. The predicted molar refractivity (Wildman–Crippen MR) is 118 cm³/mol. The molecule has 0 bridgehead atoms. The highest BCUT2D eigenvalue weighted by molar-refractivity contribution is 6.31. The molecule has 0 aliphatic carbocycles. The maximum atomic E-state index is 6.22. The molecule has 1 atom stereocenters. The van der Waals surface area contributed by atoms with Gasteiger partial charge in [0.1, 0.15) is 11.6 Å². The Bertz CT molecular complexity index is 900. The van der Waals surface area contributed by atoms with Crippen molar-refractivity contribution < 1.29 is 4.74 Å². The van der Waals surface area contributed by atoms with E-state index < -0.39 is 0 Å². The number of ether oxygens (including phenoxy) is 1. The Kier molecular flexibility index (Phi) is 6.97. The molecule has 0 saturated carbocycles. The van der Waals surface area contributed by atoms with Crippen molar-refractivity contribution in [1.82, 2.24) is 14.5 Å². The Hall–Kier alpha value is -2.04. The molecule has 3 aromatic rings. The lowest BCUT2D eigenvalue weighted by Crippen LogP contribution is -2.24. The summed E-state index contributed by atoms with van der Waals surface area (Å²) >= 11 is 6.22. The van der Waals surface area contributed by atoms with Crippen LogP contribution in [0.4, 0.5) is 0 Å². The van der Waals surface area contributed by atoms with Crippen molar-refractivity contribution in [3.8, 4) is 17.1 Å². The van der Waals surface area contributed by atoms with Gasteiger partial charge < -0.3 is 14.2 Å². The summed E-state index contributed by atoms with van der Waals surface area (Å²) in [7, 11) is 1.68. The molecular weight excluding hydrogens is 370 g/mol. The Morgan fingerprint density at radius 1 is 1.11 bits per heavy atom. The van der Waals surface area contributed by atoms with Crippen molar-refractivity contribution >= 4 is 22.6 Å². The fourth-order valence-corrected chi connectivity index (χ4v) is 3.91. The molecule has 5 heteroatoms. The number of aromatic nitrogens is 2. The van der Waals surface area contributed by atoms with E-state index in [2.05, 4.69) is 48.4 Å². The maximum Gasteiger partial charge on any atom is 0.141 e. The average molecular weight is 400 g/mol. The van der Waals surface area contributed by atoms with E-state index in [4.69, 9.17) is 21.3 Å². The van der Waals surface area contributed by atoms with E-state index in [1.54, 1.807) is 7.11 Å². The molecule has 0 amide bonds. The smallest absolute Gasteiger partial charge is 0.141 e. The van der Waals surface area contributed by atoms with Crippen LogP contribution in [0.5, 0.6) is 5.75 Å². The van der Waals surface area contributed by atoms with Crippen LogP contribution in [0.3, 0.4) is 0 Å². The number of hydrogen-bond acceptors (Lipinski definition) is 3. The zero-order chi connectivity index (χ0) is 20.1. The van der Waals surface area contributed by atoms with Crippen molar-refractivity contribution in [1.29, 1.82) is 0 Å². The number of methoxy groups -OCH3 is 1. The number of fused-ring (bicyclic) bond motifs is 1. The molecule has 0 spiro atoms. The predicted octanol–water partition coefficient (Wildman–Crippen LogP) is 6.05. The van der Waals surface area contributed by atoms with Gasteiger partial charge in [-0.15, -0.1) is 0 Å². The Labute approximate surface area is 173 Å². The summed E-state index contributed by atoms with van der Waals surface area (Å²) in [5, 5.41) is 0.715. The Balaban J connectivity index is 1.94.